The minimum Gasteiger partial charge on any atom is -0.480 e. The van der Waals surface area contributed by atoms with Crippen molar-refractivity contribution in [2.24, 2.45) is 0 Å². The van der Waals surface area contributed by atoms with Gasteiger partial charge >= 0.3 is 5.97 Å². The molecule has 0 atom stereocenters. The van der Waals surface area contributed by atoms with Gasteiger partial charge in [-0.3, -0.25) is 4.79 Å². The van der Waals surface area contributed by atoms with Gasteiger partial charge in [-0.2, -0.15) is 5.10 Å². The number of carboxylic acids is 1. The fraction of sp³-hybridized carbons (Fsp3) is 0.462. The van der Waals surface area contributed by atoms with E-state index in [9.17, 15) is 4.79 Å². The molecule has 2 aromatic rings. The van der Waals surface area contributed by atoms with Crippen LogP contribution in [0.15, 0.2) is 6.07 Å². The molecule has 0 spiro atoms. The number of pyridine rings is 1. The predicted octanol–water partition coefficient (Wildman–Crippen LogP) is 2.01. The molecule has 18 heavy (non-hydrogen) atoms. The minimum absolute atomic E-state index is 0.126. The first-order valence-electron chi connectivity index (χ1n) is 6.12. The van der Waals surface area contributed by atoms with Gasteiger partial charge in [0.25, 0.3) is 0 Å². The van der Waals surface area contributed by atoms with E-state index < -0.39 is 5.97 Å². The summed E-state index contributed by atoms with van der Waals surface area (Å²) < 4.78 is 1.52. The van der Waals surface area contributed by atoms with Crippen LogP contribution in [0.1, 0.15) is 35.7 Å². The van der Waals surface area contributed by atoms with Gasteiger partial charge in [-0.25, -0.2) is 9.67 Å². The van der Waals surface area contributed by atoms with E-state index in [4.69, 9.17) is 5.11 Å². The summed E-state index contributed by atoms with van der Waals surface area (Å²) in [6.45, 7) is 3.83. The minimum atomic E-state index is -0.886. The fourth-order valence-electron chi connectivity index (χ4n) is 2.43. The van der Waals surface area contributed by atoms with Crippen LogP contribution in [0.2, 0.25) is 0 Å². The second kappa shape index (κ2) is 3.80. The van der Waals surface area contributed by atoms with Gasteiger partial charge in [0.15, 0.2) is 5.65 Å². The predicted molar refractivity (Wildman–Crippen MR) is 66.6 cm³/mol. The summed E-state index contributed by atoms with van der Waals surface area (Å²) >= 11 is 0. The Morgan fingerprint density at radius 3 is 2.83 bits per heavy atom. The summed E-state index contributed by atoms with van der Waals surface area (Å²) in [7, 11) is 0. The molecule has 0 saturated heterocycles. The number of hydrogen-bond acceptors (Lipinski definition) is 3. The van der Waals surface area contributed by atoms with E-state index in [1.165, 1.54) is 4.68 Å². The van der Waals surface area contributed by atoms with E-state index in [-0.39, 0.29) is 6.54 Å². The van der Waals surface area contributed by atoms with Crippen LogP contribution in [0.5, 0.6) is 0 Å². The van der Waals surface area contributed by atoms with Crippen molar-refractivity contribution in [1.29, 1.82) is 0 Å². The molecule has 0 bridgehead atoms. The summed E-state index contributed by atoms with van der Waals surface area (Å²) in [6.07, 6.45) is 2.29. The molecule has 5 nitrogen and oxygen atoms in total. The van der Waals surface area contributed by atoms with E-state index in [1.54, 1.807) is 0 Å². The highest BCUT2D eigenvalue weighted by Crippen LogP contribution is 2.43. The van der Waals surface area contributed by atoms with Crippen LogP contribution in [0.4, 0.5) is 0 Å². The lowest BCUT2D eigenvalue weighted by atomic mass is 10.1. The van der Waals surface area contributed by atoms with Gasteiger partial charge < -0.3 is 5.11 Å². The molecule has 1 N–H and O–H groups in total. The monoisotopic (exact) mass is 245 g/mol. The molecule has 5 heteroatoms. The lowest BCUT2D eigenvalue weighted by Crippen LogP contribution is -2.11. The molecule has 0 radical (unpaired) electrons. The molecule has 0 aromatic carbocycles. The van der Waals surface area contributed by atoms with Gasteiger partial charge in [-0.15, -0.1) is 0 Å². The van der Waals surface area contributed by atoms with Crippen molar-refractivity contribution < 1.29 is 9.90 Å². The second-order valence-electron chi connectivity index (χ2n) is 4.99. The standard InChI is InChI=1S/C13H15N3O2/c1-7-5-8(2)14-13-11(7)12(9-3-4-9)15-16(13)6-10(17)18/h5,9H,3-4,6H2,1-2H3,(H,17,18). The fourth-order valence-corrected chi connectivity index (χ4v) is 2.43. The number of hydrogen-bond donors (Lipinski definition) is 1. The van der Waals surface area contributed by atoms with Crippen molar-refractivity contribution in [2.45, 2.75) is 39.2 Å². The lowest BCUT2D eigenvalue weighted by molar-refractivity contribution is -0.137. The van der Waals surface area contributed by atoms with E-state index in [0.717, 1.165) is 35.2 Å². The Labute approximate surface area is 104 Å². The zero-order valence-electron chi connectivity index (χ0n) is 10.5. The maximum absolute atomic E-state index is 10.9. The molecule has 3 rings (SSSR count). The van der Waals surface area contributed by atoms with E-state index in [0.29, 0.717) is 11.6 Å². The number of rotatable bonds is 3. The summed E-state index contributed by atoms with van der Waals surface area (Å²) in [5.74, 6) is -0.395. The Hall–Kier alpha value is -1.91. The molecule has 2 aromatic heterocycles. The summed E-state index contributed by atoms with van der Waals surface area (Å²) in [5.41, 5.74) is 3.76. The van der Waals surface area contributed by atoms with Crippen LogP contribution in [0.3, 0.4) is 0 Å². The Morgan fingerprint density at radius 2 is 2.22 bits per heavy atom. The van der Waals surface area contributed by atoms with Crippen LogP contribution in [-0.2, 0) is 11.3 Å². The number of fused-ring (bicyclic) bond motifs is 1. The number of carboxylic acid groups (broad SMARTS) is 1. The van der Waals surface area contributed by atoms with Crippen molar-refractivity contribution in [3.8, 4) is 0 Å². The highest BCUT2D eigenvalue weighted by Gasteiger charge is 2.30. The molecule has 1 aliphatic rings. The van der Waals surface area contributed by atoms with Crippen molar-refractivity contribution in [3.05, 3.63) is 23.0 Å². The van der Waals surface area contributed by atoms with Crippen molar-refractivity contribution in [2.75, 3.05) is 0 Å². The molecule has 1 aliphatic carbocycles. The second-order valence-corrected chi connectivity index (χ2v) is 4.99. The molecule has 1 fully saturated rings. The van der Waals surface area contributed by atoms with Gasteiger partial charge in [-0.05, 0) is 38.3 Å². The van der Waals surface area contributed by atoms with Crippen LogP contribution in [-0.4, -0.2) is 25.8 Å². The van der Waals surface area contributed by atoms with Gasteiger partial charge in [0.1, 0.15) is 6.54 Å². The van der Waals surface area contributed by atoms with E-state index in [1.807, 2.05) is 19.9 Å². The Kier molecular flexibility index (Phi) is 2.36. The number of nitrogens with zero attached hydrogens (tertiary/aromatic N) is 3. The number of aliphatic carboxylic acids is 1. The Morgan fingerprint density at radius 1 is 1.50 bits per heavy atom. The largest absolute Gasteiger partial charge is 0.480 e. The summed E-state index contributed by atoms with van der Waals surface area (Å²) in [4.78, 5) is 15.3. The van der Waals surface area contributed by atoms with Crippen molar-refractivity contribution >= 4 is 17.0 Å². The van der Waals surface area contributed by atoms with Crippen molar-refractivity contribution in [1.82, 2.24) is 14.8 Å². The molecule has 2 heterocycles. The summed E-state index contributed by atoms with van der Waals surface area (Å²) in [5, 5.41) is 14.5. The molecule has 0 amide bonds. The Balaban J connectivity index is 2.26. The number of aryl methyl sites for hydroxylation is 2. The average Bonchev–Trinajstić information content (AvgIpc) is 3.03. The van der Waals surface area contributed by atoms with Crippen LogP contribution >= 0.6 is 0 Å². The van der Waals surface area contributed by atoms with Crippen LogP contribution < -0.4 is 0 Å². The third-order valence-corrected chi connectivity index (χ3v) is 3.30. The van der Waals surface area contributed by atoms with E-state index >= 15 is 0 Å². The first-order valence-corrected chi connectivity index (χ1v) is 6.12. The molecule has 0 aliphatic heterocycles. The number of carbonyl (C=O) groups is 1. The molecule has 94 valence electrons. The lowest BCUT2D eigenvalue weighted by Gasteiger charge is -2.01. The first-order chi connectivity index (χ1) is 8.56. The first kappa shape index (κ1) is 11.2. The summed E-state index contributed by atoms with van der Waals surface area (Å²) in [6, 6.07) is 2.03. The normalized spacial score (nSPS) is 15.2. The third-order valence-electron chi connectivity index (χ3n) is 3.30. The topological polar surface area (TPSA) is 68.0 Å². The van der Waals surface area contributed by atoms with Crippen LogP contribution in [0.25, 0.3) is 11.0 Å². The smallest absolute Gasteiger partial charge is 0.325 e. The molecular weight excluding hydrogens is 230 g/mol. The Bertz CT molecular complexity index is 641. The highest BCUT2D eigenvalue weighted by molar-refractivity contribution is 5.84. The van der Waals surface area contributed by atoms with Gasteiger partial charge in [0.2, 0.25) is 0 Å². The van der Waals surface area contributed by atoms with Gasteiger partial charge in [0, 0.05) is 17.0 Å². The maximum Gasteiger partial charge on any atom is 0.325 e. The van der Waals surface area contributed by atoms with E-state index in [2.05, 4.69) is 10.1 Å². The molecule has 1 saturated carbocycles. The maximum atomic E-state index is 10.9. The SMILES string of the molecule is Cc1cc(C)c2c(C3CC3)nn(CC(=O)O)c2n1. The van der Waals surface area contributed by atoms with Crippen LogP contribution in [0, 0.1) is 13.8 Å². The number of aromatic nitrogens is 3. The highest BCUT2D eigenvalue weighted by atomic mass is 16.4. The molecule has 0 unspecified atom stereocenters. The third kappa shape index (κ3) is 1.75. The zero-order chi connectivity index (χ0) is 12.9. The average molecular weight is 245 g/mol. The zero-order valence-corrected chi connectivity index (χ0v) is 10.5. The van der Waals surface area contributed by atoms with Gasteiger partial charge in [-0.1, -0.05) is 0 Å². The van der Waals surface area contributed by atoms with Crippen molar-refractivity contribution in [3.63, 3.8) is 0 Å². The van der Waals surface area contributed by atoms with Gasteiger partial charge in [0.05, 0.1) is 5.69 Å². The molecular formula is C13H15N3O2. The quantitative estimate of drug-likeness (QED) is 0.898.